The fourth-order valence-electron chi connectivity index (χ4n) is 1.98. The summed E-state index contributed by atoms with van der Waals surface area (Å²) in [5, 5.41) is 2.56. The summed E-state index contributed by atoms with van der Waals surface area (Å²) >= 11 is 0. The Labute approximate surface area is 132 Å². The van der Waals surface area contributed by atoms with Gasteiger partial charge in [0.15, 0.2) is 0 Å². The van der Waals surface area contributed by atoms with Crippen molar-refractivity contribution in [2.75, 3.05) is 18.9 Å². The molecule has 0 radical (unpaired) electrons. The Morgan fingerprint density at radius 1 is 1.04 bits per heavy atom. The summed E-state index contributed by atoms with van der Waals surface area (Å²) in [7, 11) is 1.47. The van der Waals surface area contributed by atoms with Gasteiger partial charge in [-0.3, -0.25) is 9.59 Å². The predicted molar refractivity (Wildman–Crippen MR) is 82.8 cm³/mol. The molecule has 0 aliphatic heterocycles. The molecule has 2 aromatic rings. The van der Waals surface area contributed by atoms with E-state index in [-0.39, 0.29) is 24.4 Å². The van der Waals surface area contributed by atoms with Gasteiger partial charge in [-0.05, 0) is 35.9 Å². The third-order valence-electron chi connectivity index (χ3n) is 3.23. The first-order valence-electron chi connectivity index (χ1n) is 6.98. The van der Waals surface area contributed by atoms with Gasteiger partial charge in [0.25, 0.3) is 0 Å². The highest BCUT2D eigenvalue weighted by atomic mass is 19.1. The van der Waals surface area contributed by atoms with Gasteiger partial charge in [0, 0.05) is 12.7 Å². The summed E-state index contributed by atoms with van der Waals surface area (Å²) in [6.07, 6.45) is -0.118. The van der Waals surface area contributed by atoms with Crippen LogP contribution < -0.4 is 5.32 Å². The van der Waals surface area contributed by atoms with Crippen LogP contribution in [0.1, 0.15) is 5.56 Å². The molecule has 0 unspecified atom stereocenters. The number of nitrogens with one attached hydrogen (secondary N) is 1. The van der Waals surface area contributed by atoms with E-state index in [1.54, 1.807) is 12.1 Å². The van der Waals surface area contributed by atoms with Gasteiger partial charge in [0.2, 0.25) is 11.8 Å². The lowest BCUT2D eigenvalue weighted by Crippen LogP contribution is -2.35. The highest BCUT2D eigenvalue weighted by Crippen LogP contribution is 2.10. The summed E-state index contributed by atoms with van der Waals surface area (Å²) in [6, 6.07) is 11.3. The van der Waals surface area contributed by atoms with Crippen molar-refractivity contribution < 1.29 is 18.4 Å². The lowest BCUT2D eigenvalue weighted by atomic mass is 10.1. The van der Waals surface area contributed by atoms with Crippen molar-refractivity contribution in [1.82, 2.24) is 4.90 Å². The zero-order valence-electron chi connectivity index (χ0n) is 12.6. The van der Waals surface area contributed by atoms with Crippen molar-refractivity contribution in [3.63, 3.8) is 0 Å². The number of carbonyl (C=O) groups is 2. The van der Waals surface area contributed by atoms with Gasteiger partial charge in [0.1, 0.15) is 11.6 Å². The number of rotatable bonds is 5. The number of amides is 2. The van der Waals surface area contributed by atoms with Crippen molar-refractivity contribution in [2.24, 2.45) is 0 Å². The van der Waals surface area contributed by atoms with Crippen LogP contribution in [0.25, 0.3) is 0 Å². The molecule has 0 fully saturated rings. The molecule has 0 aromatic heterocycles. The highest BCUT2D eigenvalue weighted by Gasteiger charge is 2.15. The van der Waals surface area contributed by atoms with Gasteiger partial charge in [-0.1, -0.05) is 18.2 Å². The van der Waals surface area contributed by atoms with Crippen LogP contribution in [0.5, 0.6) is 0 Å². The van der Waals surface area contributed by atoms with Crippen LogP contribution in [0.15, 0.2) is 48.5 Å². The zero-order chi connectivity index (χ0) is 16.8. The molecule has 2 aromatic carbocycles. The minimum Gasteiger partial charge on any atom is -0.336 e. The maximum Gasteiger partial charge on any atom is 0.243 e. The zero-order valence-corrected chi connectivity index (χ0v) is 12.6. The summed E-state index contributed by atoms with van der Waals surface area (Å²) in [4.78, 5) is 25.1. The number of halogens is 2. The van der Waals surface area contributed by atoms with E-state index in [9.17, 15) is 18.4 Å². The maximum absolute atomic E-state index is 13.5. The smallest absolute Gasteiger partial charge is 0.243 e. The minimum atomic E-state index is -0.454. The van der Waals surface area contributed by atoms with Gasteiger partial charge in [-0.15, -0.1) is 0 Å². The van der Waals surface area contributed by atoms with E-state index in [1.165, 1.54) is 48.3 Å². The molecule has 2 rings (SSSR count). The molecule has 0 bridgehead atoms. The van der Waals surface area contributed by atoms with Gasteiger partial charge in [-0.2, -0.15) is 0 Å². The van der Waals surface area contributed by atoms with Gasteiger partial charge >= 0.3 is 0 Å². The molecule has 0 saturated heterocycles. The van der Waals surface area contributed by atoms with E-state index in [1.807, 2.05) is 0 Å². The Balaban J connectivity index is 1.89. The molecule has 1 N–H and O–H groups in total. The van der Waals surface area contributed by atoms with Gasteiger partial charge in [0.05, 0.1) is 13.0 Å². The number of nitrogens with zero attached hydrogens (tertiary/aromatic N) is 1. The van der Waals surface area contributed by atoms with E-state index in [0.717, 1.165) is 0 Å². The summed E-state index contributed by atoms with van der Waals surface area (Å²) < 4.78 is 26.3. The molecule has 4 nitrogen and oxygen atoms in total. The first-order valence-corrected chi connectivity index (χ1v) is 6.98. The fourth-order valence-corrected chi connectivity index (χ4v) is 1.98. The first kappa shape index (κ1) is 16.6. The van der Waals surface area contributed by atoms with E-state index in [2.05, 4.69) is 5.32 Å². The lowest BCUT2D eigenvalue weighted by molar-refractivity contribution is -0.132. The highest BCUT2D eigenvalue weighted by molar-refractivity contribution is 5.94. The Hall–Kier alpha value is -2.76. The third kappa shape index (κ3) is 4.88. The topological polar surface area (TPSA) is 49.4 Å². The first-order chi connectivity index (χ1) is 11.0. The van der Waals surface area contributed by atoms with Crippen LogP contribution in [-0.2, 0) is 16.0 Å². The van der Waals surface area contributed by atoms with Crippen LogP contribution in [0.4, 0.5) is 14.5 Å². The molecule has 2 amide bonds. The number of hydrogen-bond donors (Lipinski definition) is 1. The van der Waals surface area contributed by atoms with Crippen LogP contribution in [0, 0.1) is 11.6 Å². The van der Waals surface area contributed by atoms with Crippen molar-refractivity contribution in [1.29, 1.82) is 0 Å². The van der Waals surface area contributed by atoms with E-state index >= 15 is 0 Å². The standard InChI is InChI=1S/C17H16F2N2O2/c1-21(17(23)10-12-4-2-3-5-15(12)19)11-16(22)20-14-8-6-13(18)7-9-14/h2-9H,10-11H2,1H3,(H,20,22). The number of benzene rings is 2. The number of hydrogen-bond acceptors (Lipinski definition) is 2. The molecule has 0 aliphatic carbocycles. The second-order valence-corrected chi connectivity index (χ2v) is 5.07. The average Bonchev–Trinajstić information content (AvgIpc) is 2.51. The second kappa shape index (κ2) is 7.49. The van der Waals surface area contributed by atoms with Crippen LogP contribution >= 0.6 is 0 Å². The number of anilines is 1. The Morgan fingerprint density at radius 2 is 1.70 bits per heavy atom. The van der Waals surface area contributed by atoms with Gasteiger partial charge in [-0.25, -0.2) is 8.78 Å². The molecule has 0 atom stereocenters. The third-order valence-corrected chi connectivity index (χ3v) is 3.23. The van der Waals surface area contributed by atoms with Crippen molar-refractivity contribution >= 4 is 17.5 Å². The molecule has 120 valence electrons. The largest absolute Gasteiger partial charge is 0.336 e. The molecule has 0 spiro atoms. The lowest BCUT2D eigenvalue weighted by Gasteiger charge is -2.17. The fraction of sp³-hybridized carbons (Fsp3) is 0.176. The molecule has 6 heteroatoms. The normalized spacial score (nSPS) is 10.2. The molecule has 0 saturated carbocycles. The summed E-state index contributed by atoms with van der Waals surface area (Å²) in [5.41, 5.74) is 0.717. The number of carbonyl (C=O) groups excluding carboxylic acids is 2. The van der Waals surface area contributed by atoms with Crippen molar-refractivity contribution in [2.45, 2.75) is 6.42 Å². The maximum atomic E-state index is 13.5. The van der Waals surface area contributed by atoms with E-state index in [0.29, 0.717) is 5.69 Å². The molecular weight excluding hydrogens is 302 g/mol. The Kier molecular flexibility index (Phi) is 5.41. The summed E-state index contributed by atoms with van der Waals surface area (Å²) in [5.74, 6) is -1.64. The molecule has 0 heterocycles. The monoisotopic (exact) mass is 318 g/mol. The molecule has 23 heavy (non-hydrogen) atoms. The Morgan fingerprint density at radius 3 is 2.35 bits per heavy atom. The van der Waals surface area contributed by atoms with E-state index < -0.39 is 17.5 Å². The van der Waals surface area contributed by atoms with Crippen LogP contribution in [-0.4, -0.2) is 30.3 Å². The van der Waals surface area contributed by atoms with E-state index in [4.69, 9.17) is 0 Å². The predicted octanol–water partition coefficient (Wildman–Crippen LogP) is 2.60. The van der Waals surface area contributed by atoms with Crippen LogP contribution in [0.3, 0.4) is 0 Å². The minimum absolute atomic E-state index is 0.118. The SMILES string of the molecule is CN(CC(=O)Nc1ccc(F)cc1)C(=O)Cc1ccccc1F. The Bertz CT molecular complexity index is 702. The van der Waals surface area contributed by atoms with Crippen molar-refractivity contribution in [3.8, 4) is 0 Å². The van der Waals surface area contributed by atoms with Crippen molar-refractivity contribution in [3.05, 3.63) is 65.7 Å². The molecule has 0 aliphatic rings. The van der Waals surface area contributed by atoms with Crippen LogP contribution in [0.2, 0.25) is 0 Å². The molecular formula is C17H16F2N2O2. The number of likely N-dealkylation sites (N-methyl/N-ethyl adjacent to an activating group) is 1. The average molecular weight is 318 g/mol. The quantitative estimate of drug-likeness (QED) is 0.921. The summed E-state index contributed by atoms with van der Waals surface area (Å²) in [6.45, 7) is -0.176. The second-order valence-electron chi connectivity index (χ2n) is 5.07. The van der Waals surface area contributed by atoms with Gasteiger partial charge < -0.3 is 10.2 Å².